The Morgan fingerprint density at radius 1 is 0.508 bits per heavy atom. The molecule has 3 N–H and O–H groups in total. The van der Waals surface area contributed by atoms with Crippen LogP contribution < -0.4 is 5.32 Å². The van der Waals surface area contributed by atoms with Gasteiger partial charge >= 0.3 is 5.97 Å². The van der Waals surface area contributed by atoms with E-state index < -0.39 is 18.2 Å². The van der Waals surface area contributed by atoms with E-state index in [0.717, 1.165) is 103 Å². The Balaban J connectivity index is 4.76. The van der Waals surface area contributed by atoms with E-state index in [0.29, 0.717) is 19.3 Å². The van der Waals surface area contributed by atoms with Crippen LogP contribution in [-0.4, -0.2) is 46.9 Å². The fourth-order valence-electron chi connectivity index (χ4n) is 6.78. The zero-order chi connectivity index (χ0) is 43.1. The van der Waals surface area contributed by atoms with Crippen molar-refractivity contribution >= 4 is 11.9 Å². The van der Waals surface area contributed by atoms with E-state index >= 15 is 0 Å². The van der Waals surface area contributed by atoms with Gasteiger partial charge in [-0.3, -0.25) is 9.59 Å². The normalized spacial score (nSPS) is 14.1. The Kier molecular flexibility index (Phi) is 43.8. The van der Waals surface area contributed by atoms with Crippen LogP contribution in [0.25, 0.3) is 0 Å². The molecule has 3 unspecified atom stereocenters. The highest BCUT2D eigenvalue weighted by Gasteiger charge is 2.24. The molecule has 6 heteroatoms. The van der Waals surface area contributed by atoms with Crippen LogP contribution in [0.5, 0.6) is 0 Å². The van der Waals surface area contributed by atoms with Gasteiger partial charge < -0.3 is 20.3 Å². The van der Waals surface area contributed by atoms with Gasteiger partial charge in [0.15, 0.2) is 0 Å². The van der Waals surface area contributed by atoms with Crippen molar-refractivity contribution in [3.8, 4) is 0 Å². The molecule has 0 bridgehead atoms. The van der Waals surface area contributed by atoms with Crippen LogP contribution in [0.4, 0.5) is 0 Å². The lowest BCUT2D eigenvalue weighted by atomic mass is 10.0. The van der Waals surface area contributed by atoms with Gasteiger partial charge in [0, 0.05) is 6.42 Å². The molecule has 1 amide bonds. The van der Waals surface area contributed by atoms with Gasteiger partial charge in [-0.1, -0.05) is 189 Å². The van der Waals surface area contributed by atoms with E-state index in [1.54, 1.807) is 0 Å². The number of amides is 1. The number of unbranched alkanes of at least 4 members (excludes halogenated alkanes) is 16. The van der Waals surface area contributed by atoms with Crippen molar-refractivity contribution in [1.82, 2.24) is 5.32 Å². The molecular weight excluding hydrogens is 731 g/mol. The number of hydrogen-bond donors (Lipinski definition) is 3. The standard InChI is InChI=1S/C53H91NO5/c1-4-7-10-13-16-19-21-23-25-26-27-28-30-33-35-38-41-44-49(59-53(58)46-43-40-37-34-31-29-24-22-20-17-14-11-8-5-2)47-52(57)54-50(48-55)51(56)45-42-39-36-32-18-15-12-9-6-3/h8,11,16-17,19-20,23-25,27-29,33,35,49-51,55-56H,4-7,9-10,12-15,18,21-22,26,30-32,34,36-48H2,1-3H3,(H,54,57)/b11-8+,19-16-,20-17+,25-23-,28-27-,29-24+,35-33-. The average Bonchev–Trinajstić information content (AvgIpc) is 3.23. The van der Waals surface area contributed by atoms with E-state index in [4.69, 9.17) is 4.74 Å². The molecule has 0 fully saturated rings. The summed E-state index contributed by atoms with van der Waals surface area (Å²) in [7, 11) is 0. The second-order valence-electron chi connectivity index (χ2n) is 16.1. The number of esters is 1. The zero-order valence-electron chi connectivity index (χ0n) is 38.4. The van der Waals surface area contributed by atoms with Gasteiger partial charge in [0.1, 0.15) is 6.10 Å². The molecule has 3 atom stereocenters. The number of aliphatic hydroxyl groups excluding tert-OH is 2. The molecular formula is C53H91NO5. The molecule has 59 heavy (non-hydrogen) atoms. The maximum atomic E-state index is 13.1. The first-order valence-corrected chi connectivity index (χ1v) is 24.3. The van der Waals surface area contributed by atoms with Crippen LogP contribution in [0.15, 0.2) is 85.1 Å². The molecule has 338 valence electrons. The third-order valence-electron chi connectivity index (χ3n) is 10.5. The number of carbonyl (C=O) groups excluding carboxylic acids is 2. The number of nitrogens with one attached hydrogen (secondary N) is 1. The van der Waals surface area contributed by atoms with Crippen molar-refractivity contribution in [2.45, 2.75) is 232 Å². The van der Waals surface area contributed by atoms with Crippen molar-refractivity contribution in [1.29, 1.82) is 0 Å². The van der Waals surface area contributed by atoms with Gasteiger partial charge in [-0.2, -0.15) is 0 Å². The molecule has 6 nitrogen and oxygen atoms in total. The zero-order valence-corrected chi connectivity index (χ0v) is 38.4. The highest BCUT2D eigenvalue weighted by atomic mass is 16.5. The van der Waals surface area contributed by atoms with Crippen LogP contribution in [-0.2, 0) is 14.3 Å². The van der Waals surface area contributed by atoms with Crippen molar-refractivity contribution in [3.63, 3.8) is 0 Å². The number of ether oxygens (including phenoxy) is 1. The molecule has 0 saturated heterocycles. The number of carbonyl (C=O) groups is 2. The van der Waals surface area contributed by atoms with Crippen molar-refractivity contribution in [2.24, 2.45) is 0 Å². The fourth-order valence-corrected chi connectivity index (χ4v) is 6.78. The van der Waals surface area contributed by atoms with Gasteiger partial charge in [-0.15, -0.1) is 0 Å². The molecule has 0 saturated carbocycles. The quantitative estimate of drug-likeness (QED) is 0.0324. The summed E-state index contributed by atoms with van der Waals surface area (Å²) in [5.74, 6) is -0.562. The fraction of sp³-hybridized carbons (Fsp3) is 0.698. The van der Waals surface area contributed by atoms with Crippen molar-refractivity contribution in [2.75, 3.05) is 6.61 Å². The first kappa shape index (κ1) is 56.0. The van der Waals surface area contributed by atoms with Gasteiger partial charge in [0.25, 0.3) is 0 Å². The van der Waals surface area contributed by atoms with E-state index in [9.17, 15) is 19.8 Å². The summed E-state index contributed by atoms with van der Waals surface area (Å²) in [6.07, 6.45) is 59.3. The second-order valence-corrected chi connectivity index (χ2v) is 16.1. The van der Waals surface area contributed by atoms with Crippen molar-refractivity contribution in [3.05, 3.63) is 85.1 Å². The summed E-state index contributed by atoms with van der Waals surface area (Å²) >= 11 is 0. The Morgan fingerprint density at radius 3 is 1.46 bits per heavy atom. The molecule has 0 aromatic rings. The first-order chi connectivity index (χ1) is 29.0. The molecule has 0 spiro atoms. The smallest absolute Gasteiger partial charge is 0.306 e. The maximum absolute atomic E-state index is 13.1. The van der Waals surface area contributed by atoms with Crippen LogP contribution in [0, 0.1) is 0 Å². The average molecular weight is 822 g/mol. The van der Waals surface area contributed by atoms with Crippen LogP contribution >= 0.6 is 0 Å². The van der Waals surface area contributed by atoms with Crippen LogP contribution in [0.3, 0.4) is 0 Å². The molecule has 0 heterocycles. The number of rotatable bonds is 42. The highest BCUT2D eigenvalue weighted by molar-refractivity contribution is 5.77. The molecule has 0 aliphatic heterocycles. The summed E-state index contributed by atoms with van der Waals surface area (Å²) in [6.45, 7) is 6.28. The van der Waals surface area contributed by atoms with Gasteiger partial charge in [0.05, 0.1) is 25.2 Å². The lowest BCUT2D eigenvalue weighted by Gasteiger charge is -2.24. The van der Waals surface area contributed by atoms with Crippen LogP contribution in [0.2, 0.25) is 0 Å². The summed E-state index contributed by atoms with van der Waals surface area (Å²) in [4.78, 5) is 26.0. The molecule has 0 aliphatic carbocycles. The second kappa shape index (κ2) is 46.1. The minimum absolute atomic E-state index is 0.0264. The van der Waals surface area contributed by atoms with Crippen LogP contribution in [0.1, 0.15) is 213 Å². The summed E-state index contributed by atoms with van der Waals surface area (Å²) in [5.41, 5.74) is 0. The summed E-state index contributed by atoms with van der Waals surface area (Å²) < 4.78 is 5.88. The maximum Gasteiger partial charge on any atom is 0.306 e. The SMILES string of the molecule is CC/C=C/C/C=C/C/C=C/CCCCCCC(=O)OC(CCC/C=C\C/C=C\C/C=C\C/C=C\CCCCC)CC(=O)NC(CO)C(O)CCCCCCCCCCC. The third-order valence-corrected chi connectivity index (χ3v) is 10.5. The number of hydrogen-bond acceptors (Lipinski definition) is 5. The van der Waals surface area contributed by atoms with E-state index in [2.05, 4.69) is 111 Å². The molecule has 0 rings (SSSR count). The summed E-state index contributed by atoms with van der Waals surface area (Å²) in [6, 6.07) is -0.726. The number of allylic oxidation sites excluding steroid dienone is 14. The number of aliphatic hydroxyl groups is 2. The topological polar surface area (TPSA) is 95.9 Å². The predicted molar refractivity (Wildman–Crippen MR) is 254 cm³/mol. The third kappa shape index (κ3) is 41.6. The van der Waals surface area contributed by atoms with Crippen molar-refractivity contribution < 1.29 is 24.5 Å². The molecule has 0 radical (unpaired) electrons. The van der Waals surface area contributed by atoms with E-state index in [1.807, 2.05) is 0 Å². The Hall–Kier alpha value is -2.96. The Labute approximate surface area is 363 Å². The Morgan fingerprint density at radius 2 is 0.932 bits per heavy atom. The molecule has 0 aromatic carbocycles. The van der Waals surface area contributed by atoms with Gasteiger partial charge in [-0.25, -0.2) is 0 Å². The monoisotopic (exact) mass is 822 g/mol. The molecule has 0 aromatic heterocycles. The van der Waals surface area contributed by atoms with E-state index in [1.165, 1.54) is 64.2 Å². The lowest BCUT2D eigenvalue weighted by molar-refractivity contribution is -0.151. The minimum atomic E-state index is -0.808. The largest absolute Gasteiger partial charge is 0.462 e. The first-order valence-electron chi connectivity index (χ1n) is 24.3. The van der Waals surface area contributed by atoms with Gasteiger partial charge in [0.2, 0.25) is 5.91 Å². The highest BCUT2D eigenvalue weighted by Crippen LogP contribution is 2.16. The minimum Gasteiger partial charge on any atom is -0.462 e. The predicted octanol–water partition coefficient (Wildman–Crippen LogP) is 14.4. The summed E-state index contributed by atoms with van der Waals surface area (Å²) in [5, 5.41) is 23.6. The van der Waals surface area contributed by atoms with Gasteiger partial charge in [-0.05, 0) is 96.3 Å². The molecule has 0 aliphatic rings. The lowest BCUT2D eigenvalue weighted by Crippen LogP contribution is -2.46. The van der Waals surface area contributed by atoms with E-state index in [-0.39, 0.29) is 24.9 Å². The Bertz CT molecular complexity index is 1150.